The van der Waals surface area contributed by atoms with Crippen LogP contribution in [0, 0.1) is 60.8 Å². The molecule has 0 aliphatic heterocycles. The molecule has 1 N–H and O–H groups in total. The normalized spacial score (nSPS) is 15.2. The van der Waals surface area contributed by atoms with Gasteiger partial charge >= 0.3 is 0 Å². The molecule has 0 atom stereocenters. The van der Waals surface area contributed by atoms with Crippen LogP contribution in [0.3, 0.4) is 0 Å². The third-order valence-corrected chi connectivity index (χ3v) is 14.0. The molecular formula is C53H71IrN2O2S-. The minimum Gasteiger partial charge on any atom is -0.512 e. The van der Waals surface area contributed by atoms with Crippen molar-refractivity contribution in [1.29, 1.82) is 0 Å². The van der Waals surface area contributed by atoms with Gasteiger partial charge in [-0.2, -0.15) is 0 Å². The minimum atomic E-state index is -0.0119. The van der Waals surface area contributed by atoms with Gasteiger partial charge in [0.25, 0.3) is 0 Å². The van der Waals surface area contributed by atoms with E-state index in [1.165, 1.54) is 69.8 Å². The number of fused-ring (bicyclic) bond motifs is 2. The molecule has 0 saturated heterocycles. The molecule has 59 heavy (non-hydrogen) atoms. The minimum absolute atomic E-state index is 0. The Balaban J connectivity index is 0.000000329. The largest absolute Gasteiger partial charge is 0.512 e. The van der Waals surface area contributed by atoms with E-state index < -0.39 is 0 Å². The van der Waals surface area contributed by atoms with E-state index in [2.05, 4.69) is 158 Å². The van der Waals surface area contributed by atoms with Gasteiger partial charge in [0, 0.05) is 53.3 Å². The number of benzene rings is 3. The first-order chi connectivity index (χ1) is 27.1. The van der Waals surface area contributed by atoms with Crippen molar-refractivity contribution < 1.29 is 30.0 Å². The van der Waals surface area contributed by atoms with E-state index in [1.54, 1.807) is 6.33 Å². The topological polar surface area (TPSA) is 63.1 Å². The van der Waals surface area contributed by atoms with Crippen molar-refractivity contribution in [2.75, 3.05) is 0 Å². The summed E-state index contributed by atoms with van der Waals surface area (Å²) in [5.41, 5.74) is 10.3. The monoisotopic (exact) mass is 992 g/mol. The Hall–Kier alpha value is -3.18. The molecule has 0 spiro atoms. The molecule has 6 rings (SSSR count). The van der Waals surface area contributed by atoms with Gasteiger partial charge in [-0.1, -0.05) is 137 Å². The number of aliphatic hydroxyl groups excluding tert-OH is 1. The summed E-state index contributed by atoms with van der Waals surface area (Å²) in [6.07, 6.45) is 8.43. The molecule has 2 aromatic heterocycles. The smallest absolute Gasteiger partial charge is 0.162 e. The number of aryl methyl sites for hydroxylation is 2. The second-order valence-corrected chi connectivity index (χ2v) is 21.4. The van der Waals surface area contributed by atoms with Gasteiger partial charge in [-0.15, -0.1) is 40.5 Å². The summed E-state index contributed by atoms with van der Waals surface area (Å²) in [7, 11) is 0. The summed E-state index contributed by atoms with van der Waals surface area (Å²) in [6.45, 7) is 32.8. The average molecular weight is 992 g/mol. The van der Waals surface area contributed by atoms with Gasteiger partial charge in [-0.3, -0.25) is 9.78 Å². The van der Waals surface area contributed by atoms with Gasteiger partial charge < -0.3 is 5.11 Å². The molecule has 0 bridgehead atoms. The van der Waals surface area contributed by atoms with Crippen LogP contribution in [0.1, 0.15) is 144 Å². The van der Waals surface area contributed by atoms with E-state index in [-0.39, 0.29) is 48.9 Å². The van der Waals surface area contributed by atoms with Crippen LogP contribution in [0.5, 0.6) is 0 Å². The quantitative estimate of drug-likeness (QED) is 0.0860. The summed E-state index contributed by atoms with van der Waals surface area (Å²) < 4.78 is 1.15. The Kier molecular flexibility index (Phi) is 16.2. The van der Waals surface area contributed by atoms with E-state index >= 15 is 0 Å². The van der Waals surface area contributed by atoms with Gasteiger partial charge in [0.05, 0.1) is 11.3 Å². The fraction of sp³-hybridized carbons (Fsp3) is 0.528. The molecule has 2 heterocycles. The van der Waals surface area contributed by atoms with Crippen LogP contribution in [0.4, 0.5) is 0 Å². The molecule has 0 amide bonds. The number of carbonyl (C=O) groups is 1. The molecule has 3 aromatic carbocycles. The van der Waals surface area contributed by atoms with Crippen molar-refractivity contribution in [3.8, 4) is 21.7 Å². The number of allylic oxidation sites excluding steroid dienone is 2. The Morgan fingerprint density at radius 3 is 2.02 bits per heavy atom. The van der Waals surface area contributed by atoms with Crippen molar-refractivity contribution in [2.45, 2.75) is 141 Å². The molecule has 1 aliphatic carbocycles. The van der Waals surface area contributed by atoms with Crippen LogP contribution in [-0.4, -0.2) is 20.9 Å². The molecular weight excluding hydrogens is 921 g/mol. The third-order valence-electron chi connectivity index (χ3n) is 12.7. The predicted molar refractivity (Wildman–Crippen MR) is 250 cm³/mol. The molecule has 0 unspecified atom stereocenters. The molecule has 4 nitrogen and oxygen atoms in total. The maximum atomic E-state index is 12.3. The van der Waals surface area contributed by atoms with Gasteiger partial charge in [-0.25, -0.2) is 4.98 Å². The van der Waals surface area contributed by atoms with E-state index in [1.807, 2.05) is 11.3 Å². The fourth-order valence-electron chi connectivity index (χ4n) is 9.60. The van der Waals surface area contributed by atoms with Crippen molar-refractivity contribution in [3.63, 3.8) is 0 Å². The van der Waals surface area contributed by atoms with Gasteiger partial charge in [-0.05, 0) is 102 Å². The van der Waals surface area contributed by atoms with Crippen molar-refractivity contribution in [3.05, 3.63) is 95.0 Å². The van der Waals surface area contributed by atoms with Crippen molar-refractivity contribution in [2.24, 2.45) is 40.9 Å². The van der Waals surface area contributed by atoms with E-state index in [4.69, 9.17) is 9.97 Å². The van der Waals surface area contributed by atoms with Crippen LogP contribution in [0.2, 0.25) is 0 Å². The number of nitrogens with zero attached hydrogens (tertiary/aromatic N) is 2. The zero-order valence-electron chi connectivity index (χ0n) is 38.6. The number of thiophene rings is 1. The van der Waals surface area contributed by atoms with E-state index in [9.17, 15) is 9.90 Å². The SMILES string of the molecule is CC(C)C(C(=O)/C=C(\O)C(C(C)C)C(C)C)C(C)C.Cc1cc(C2CCC(C)(C)CC2)ccc1-c1sc2c(-c3[c-]c4ccccc4c(C(C)(C)C)c3)ncnc2c1C.[Ir]. The Morgan fingerprint density at radius 2 is 1.46 bits per heavy atom. The first-order valence-electron chi connectivity index (χ1n) is 21.9. The fourth-order valence-corrected chi connectivity index (χ4v) is 11.0. The van der Waals surface area contributed by atoms with Crippen LogP contribution >= 0.6 is 11.3 Å². The predicted octanol–water partition coefficient (Wildman–Crippen LogP) is 15.4. The molecule has 6 heteroatoms. The Labute approximate surface area is 374 Å². The summed E-state index contributed by atoms with van der Waals surface area (Å²) in [5, 5.41) is 12.7. The number of hydrogen-bond acceptors (Lipinski definition) is 5. The van der Waals surface area contributed by atoms with Crippen LogP contribution in [0.15, 0.2) is 66.7 Å². The Morgan fingerprint density at radius 1 is 0.864 bits per heavy atom. The first kappa shape index (κ1) is 48.5. The van der Waals surface area contributed by atoms with Crippen LogP contribution < -0.4 is 0 Å². The van der Waals surface area contributed by atoms with Crippen LogP contribution in [0.25, 0.3) is 42.7 Å². The average Bonchev–Trinajstić information content (AvgIpc) is 3.46. The molecule has 1 saturated carbocycles. The van der Waals surface area contributed by atoms with E-state index in [0.29, 0.717) is 35.0 Å². The maximum absolute atomic E-state index is 12.3. The summed E-state index contributed by atoms with van der Waals surface area (Å²) in [4.78, 5) is 23.3. The number of aliphatic hydroxyl groups is 1. The first-order valence-corrected chi connectivity index (χ1v) is 22.7. The standard InChI is InChI=1S/C36H39N2S.C17H32O2.Ir/c1-22-18-25(24-14-16-36(6,7)17-15-24)12-13-28(22)33-23(2)31-34(39-33)32(38-21-37-31)27-19-26-10-8-9-11-29(26)30(20-27)35(3,4)5;1-10(2)16(11(3)4)14(18)9-15(19)17(12(5)6)13(7)8;/h8-13,18,20-21,24H,14-17H2,1-7H3;9-13,16-18H,1-8H3;/q-1;;/b;14-9-;. The van der Waals surface area contributed by atoms with E-state index in [0.717, 1.165) is 26.9 Å². The zero-order valence-corrected chi connectivity index (χ0v) is 41.8. The number of rotatable bonds is 10. The summed E-state index contributed by atoms with van der Waals surface area (Å²) >= 11 is 1.83. The zero-order chi connectivity index (χ0) is 42.9. The van der Waals surface area contributed by atoms with Crippen molar-refractivity contribution >= 4 is 38.1 Å². The van der Waals surface area contributed by atoms with Gasteiger partial charge in [0.2, 0.25) is 0 Å². The molecule has 1 fully saturated rings. The second kappa shape index (κ2) is 19.7. The van der Waals surface area contributed by atoms with Crippen LogP contribution in [-0.2, 0) is 30.3 Å². The second-order valence-electron chi connectivity index (χ2n) is 20.4. The number of aromatic nitrogens is 2. The van der Waals surface area contributed by atoms with Gasteiger partial charge in [0.1, 0.15) is 6.33 Å². The number of hydrogen-bond donors (Lipinski definition) is 1. The number of carbonyl (C=O) groups excluding carboxylic acids is 1. The molecule has 5 aromatic rings. The third kappa shape index (κ3) is 11.2. The van der Waals surface area contributed by atoms with Crippen molar-refractivity contribution in [1.82, 2.24) is 9.97 Å². The Bertz CT molecular complexity index is 2230. The molecule has 1 aliphatic rings. The number of ketones is 1. The molecule has 1 radical (unpaired) electrons. The summed E-state index contributed by atoms with van der Waals surface area (Å²) in [5.74, 6) is 2.32. The summed E-state index contributed by atoms with van der Waals surface area (Å²) in [6, 6.07) is 21.8. The van der Waals surface area contributed by atoms with Gasteiger partial charge in [0.15, 0.2) is 5.78 Å². The maximum Gasteiger partial charge on any atom is 0.162 e. The molecule has 321 valence electrons.